The molecule has 0 aliphatic carbocycles. The van der Waals surface area contributed by atoms with E-state index in [-0.39, 0.29) is 5.69 Å². The Morgan fingerprint density at radius 1 is 1.22 bits per heavy atom. The number of thioether (sulfide) groups is 1. The highest BCUT2D eigenvalue weighted by Crippen LogP contribution is 2.32. The quantitative estimate of drug-likeness (QED) is 0.202. The van der Waals surface area contributed by atoms with E-state index in [0.29, 0.717) is 23.1 Å². The Kier molecular flexibility index (Phi) is 4.82. The third-order valence-corrected chi connectivity index (χ3v) is 5.99. The number of nitro benzene ring substituents is 1. The predicted molar refractivity (Wildman–Crippen MR) is 103 cm³/mol. The Bertz CT molecular complexity index is 1110. The van der Waals surface area contributed by atoms with Crippen LogP contribution in [0.3, 0.4) is 0 Å². The molecule has 1 aromatic carbocycles. The van der Waals surface area contributed by atoms with Crippen molar-refractivity contribution in [2.24, 2.45) is 0 Å². The fourth-order valence-electron chi connectivity index (χ4n) is 2.46. The molecule has 0 amide bonds. The van der Waals surface area contributed by atoms with Crippen LogP contribution >= 0.6 is 23.1 Å². The number of fused-ring (bicyclic) bond motifs is 1. The van der Waals surface area contributed by atoms with Gasteiger partial charge in [0.2, 0.25) is 11.8 Å². The van der Waals surface area contributed by atoms with Gasteiger partial charge in [-0.2, -0.15) is 0 Å². The maximum Gasteiger partial charge on any atom is 0.269 e. The van der Waals surface area contributed by atoms with E-state index < -0.39 is 4.92 Å². The SMILES string of the molecule is CCc1cc2c(SCc3nnc(-c4ccc([N+](=O)[O-])cc4)o3)ncnc2s1. The molecule has 27 heavy (non-hydrogen) atoms. The van der Waals surface area contributed by atoms with Crippen molar-refractivity contribution >= 4 is 39.0 Å². The topological polar surface area (TPSA) is 108 Å². The van der Waals surface area contributed by atoms with E-state index in [2.05, 4.69) is 33.2 Å². The second kappa shape index (κ2) is 7.41. The molecule has 0 fully saturated rings. The lowest BCUT2D eigenvalue weighted by Gasteiger charge is -1.99. The molecule has 3 heterocycles. The minimum absolute atomic E-state index is 0.0176. The van der Waals surface area contributed by atoms with Gasteiger partial charge >= 0.3 is 0 Å². The Morgan fingerprint density at radius 3 is 2.78 bits per heavy atom. The Labute approximate surface area is 161 Å². The summed E-state index contributed by atoms with van der Waals surface area (Å²) in [5, 5.41) is 20.7. The smallest absolute Gasteiger partial charge is 0.269 e. The minimum atomic E-state index is -0.448. The first-order valence-electron chi connectivity index (χ1n) is 8.07. The van der Waals surface area contributed by atoms with Gasteiger partial charge in [0, 0.05) is 28.0 Å². The van der Waals surface area contributed by atoms with Crippen LogP contribution in [0.25, 0.3) is 21.7 Å². The predicted octanol–water partition coefficient (Wildman–Crippen LogP) is 4.50. The van der Waals surface area contributed by atoms with Crippen molar-refractivity contribution in [3.8, 4) is 11.5 Å². The van der Waals surface area contributed by atoms with Crippen molar-refractivity contribution in [2.75, 3.05) is 0 Å². The molecule has 0 unspecified atom stereocenters. The second-order valence-corrected chi connectivity index (χ2v) is 7.64. The molecule has 8 nitrogen and oxygen atoms in total. The van der Waals surface area contributed by atoms with Gasteiger partial charge in [0.05, 0.1) is 10.7 Å². The second-order valence-electron chi connectivity index (χ2n) is 5.56. The third-order valence-electron chi connectivity index (χ3n) is 3.82. The van der Waals surface area contributed by atoms with Gasteiger partial charge in [0.1, 0.15) is 16.2 Å². The molecule has 4 aromatic rings. The summed E-state index contributed by atoms with van der Waals surface area (Å²) in [4.78, 5) is 21.2. The minimum Gasteiger partial charge on any atom is -0.420 e. The van der Waals surface area contributed by atoms with E-state index in [0.717, 1.165) is 21.7 Å². The molecular weight excluding hydrogens is 386 g/mol. The van der Waals surface area contributed by atoms with E-state index in [9.17, 15) is 10.1 Å². The number of nitrogens with zero attached hydrogens (tertiary/aromatic N) is 5. The van der Waals surface area contributed by atoms with Crippen LogP contribution < -0.4 is 0 Å². The monoisotopic (exact) mass is 399 g/mol. The molecule has 136 valence electrons. The molecule has 4 rings (SSSR count). The van der Waals surface area contributed by atoms with Crippen LogP contribution in [0.2, 0.25) is 0 Å². The highest BCUT2D eigenvalue weighted by atomic mass is 32.2. The maximum absolute atomic E-state index is 10.7. The molecule has 0 saturated carbocycles. The van der Waals surface area contributed by atoms with Crippen LogP contribution in [-0.2, 0) is 12.2 Å². The van der Waals surface area contributed by atoms with Crippen LogP contribution in [0, 0.1) is 10.1 Å². The largest absolute Gasteiger partial charge is 0.420 e. The molecule has 0 spiro atoms. The van der Waals surface area contributed by atoms with Gasteiger partial charge in [-0.15, -0.1) is 21.5 Å². The summed E-state index contributed by atoms with van der Waals surface area (Å²) < 4.78 is 5.68. The van der Waals surface area contributed by atoms with Crippen LogP contribution in [0.15, 0.2) is 46.1 Å². The Balaban J connectivity index is 1.50. The first-order valence-corrected chi connectivity index (χ1v) is 9.87. The fourth-order valence-corrected chi connectivity index (χ4v) is 4.27. The van der Waals surface area contributed by atoms with Crippen LogP contribution in [0.1, 0.15) is 17.7 Å². The summed E-state index contributed by atoms with van der Waals surface area (Å²) in [6.45, 7) is 2.11. The van der Waals surface area contributed by atoms with E-state index in [1.54, 1.807) is 29.8 Å². The average Bonchev–Trinajstić information content (AvgIpc) is 3.33. The summed E-state index contributed by atoms with van der Waals surface area (Å²) in [7, 11) is 0. The van der Waals surface area contributed by atoms with Gasteiger partial charge in [-0.05, 0) is 24.6 Å². The number of hydrogen-bond acceptors (Lipinski definition) is 9. The lowest BCUT2D eigenvalue weighted by molar-refractivity contribution is -0.384. The maximum atomic E-state index is 10.7. The van der Waals surface area contributed by atoms with Gasteiger partial charge < -0.3 is 4.42 Å². The summed E-state index contributed by atoms with van der Waals surface area (Å²) in [6, 6.07) is 8.13. The molecule has 10 heteroatoms. The van der Waals surface area contributed by atoms with Crippen LogP contribution in [0.5, 0.6) is 0 Å². The molecule has 0 aliphatic rings. The first-order chi connectivity index (χ1) is 13.1. The number of non-ortho nitro benzene ring substituents is 1. The molecule has 0 N–H and O–H groups in total. The van der Waals surface area contributed by atoms with Gasteiger partial charge in [-0.1, -0.05) is 18.7 Å². The van der Waals surface area contributed by atoms with Crippen molar-refractivity contribution in [3.05, 3.63) is 57.5 Å². The van der Waals surface area contributed by atoms with Crippen molar-refractivity contribution in [1.82, 2.24) is 20.2 Å². The van der Waals surface area contributed by atoms with Gasteiger partial charge in [-0.3, -0.25) is 10.1 Å². The molecule has 0 atom stereocenters. The number of aromatic nitrogens is 4. The van der Waals surface area contributed by atoms with Gasteiger partial charge in [0.15, 0.2) is 0 Å². The first kappa shape index (κ1) is 17.6. The van der Waals surface area contributed by atoms with E-state index in [4.69, 9.17) is 4.42 Å². The zero-order valence-electron chi connectivity index (χ0n) is 14.2. The highest BCUT2D eigenvalue weighted by molar-refractivity contribution is 7.98. The molecular formula is C17H13N5O3S2. The van der Waals surface area contributed by atoms with Crippen molar-refractivity contribution in [2.45, 2.75) is 24.1 Å². The number of nitro groups is 1. The Morgan fingerprint density at radius 2 is 2.04 bits per heavy atom. The van der Waals surface area contributed by atoms with Crippen molar-refractivity contribution in [1.29, 1.82) is 0 Å². The number of aryl methyl sites for hydroxylation is 1. The highest BCUT2D eigenvalue weighted by Gasteiger charge is 2.13. The molecule has 0 bridgehead atoms. The van der Waals surface area contributed by atoms with Gasteiger partial charge in [0.25, 0.3) is 5.69 Å². The van der Waals surface area contributed by atoms with E-state index in [1.807, 2.05) is 0 Å². The summed E-state index contributed by atoms with van der Waals surface area (Å²) >= 11 is 3.19. The number of rotatable bonds is 6. The summed E-state index contributed by atoms with van der Waals surface area (Å²) in [5.41, 5.74) is 0.656. The zero-order chi connectivity index (χ0) is 18.8. The van der Waals surface area contributed by atoms with Gasteiger partial charge in [-0.25, -0.2) is 9.97 Å². The number of benzene rings is 1. The normalized spacial score (nSPS) is 11.1. The van der Waals surface area contributed by atoms with Crippen molar-refractivity contribution < 1.29 is 9.34 Å². The molecule has 0 saturated heterocycles. The molecule has 3 aromatic heterocycles. The van der Waals surface area contributed by atoms with E-state index in [1.165, 1.54) is 28.8 Å². The fraction of sp³-hybridized carbons (Fsp3) is 0.176. The average molecular weight is 399 g/mol. The third kappa shape index (κ3) is 3.67. The zero-order valence-corrected chi connectivity index (χ0v) is 15.8. The van der Waals surface area contributed by atoms with Crippen LogP contribution in [-0.4, -0.2) is 25.1 Å². The summed E-state index contributed by atoms with van der Waals surface area (Å²) in [6.07, 6.45) is 2.53. The van der Waals surface area contributed by atoms with E-state index >= 15 is 0 Å². The Hall–Kier alpha value is -2.85. The summed E-state index contributed by atoms with van der Waals surface area (Å²) in [5.74, 6) is 1.27. The molecule has 0 radical (unpaired) electrons. The lowest BCUT2D eigenvalue weighted by Crippen LogP contribution is -1.87. The lowest BCUT2D eigenvalue weighted by atomic mass is 10.2. The number of hydrogen-bond donors (Lipinski definition) is 0. The van der Waals surface area contributed by atoms with Crippen LogP contribution in [0.4, 0.5) is 5.69 Å². The standard InChI is InChI=1S/C17H13N5O3S2/c1-2-12-7-13-16(18-9-19-17(13)27-12)26-8-14-20-21-15(25-14)10-3-5-11(6-4-10)22(23)24/h3-7,9H,2,8H2,1H3. The van der Waals surface area contributed by atoms with Crippen molar-refractivity contribution in [3.63, 3.8) is 0 Å². The molecule has 0 aliphatic heterocycles. The number of thiophene rings is 1.